The zero-order valence-electron chi connectivity index (χ0n) is 19.4. The Bertz CT molecular complexity index is 1190. The standard InChI is InChI=1S/C25H31N3O5/c1-26-21-11-9-19(17-22(21)27(2)24(26)30)18-10-12-23(33-3)20(16-18)8-7-14-28(25(31)32)13-5-4-6-15-29/h9-12,15-17H,4-8,13-14H2,1-3H3,(H,31,32). The highest BCUT2D eigenvalue weighted by molar-refractivity contribution is 5.83. The Morgan fingerprint density at radius 3 is 2.36 bits per heavy atom. The Hall–Kier alpha value is -3.55. The number of carboxylic acid groups (broad SMARTS) is 1. The molecule has 3 aromatic rings. The summed E-state index contributed by atoms with van der Waals surface area (Å²) in [7, 11) is 5.15. The second-order valence-corrected chi connectivity index (χ2v) is 8.17. The fraction of sp³-hybridized carbons (Fsp3) is 0.400. The molecule has 8 nitrogen and oxygen atoms in total. The maximum atomic E-state index is 12.2. The minimum atomic E-state index is -0.941. The van der Waals surface area contributed by atoms with Gasteiger partial charge < -0.3 is 19.5 Å². The number of rotatable bonds is 11. The fourth-order valence-corrected chi connectivity index (χ4v) is 4.13. The average Bonchev–Trinajstić information content (AvgIpc) is 3.03. The van der Waals surface area contributed by atoms with Crippen molar-refractivity contribution in [3.8, 4) is 16.9 Å². The fourth-order valence-electron chi connectivity index (χ4n) is 4.13. The second kappa shape index (κ2) is 10.8. The van der Waals surface area contributed by atoms with Crippen molar-refractivity contribution in [1.29, 1.82) is 0 Å². The number of amides is 1. The quantitative estimate of drug-likeness (QED) is 0.352. The summed E-state index contributed by atoms with van der Waals surface area (Å²) in [5.74, 6) is 0.764. The van der Waals surface area contributed by atoms with Gasteiger partial charge in [0.2, 0.25) is 0 Å². The number of methoxy groups -OCH3 is 1. The number of aryl methyl sites for hydroxylation is 3. The van der Waals surface area contributed by atoms with E-state index in [1.807, 2.05) is 30.3 Å². The van der Waals surface area contributed by atoms with Gasteiger partial charge in [-0.3, -0.25) is 9.13 Å². The van der Waals surface area contributed by atoms with Crippen LogP contribution < -0.4 is 10.4 Å². The summed E-state index contributed by atoms with van der Waals surface area (Å²) in [4.78, 5) is 35.6. The lowest BCUT2D eigenvalue weighted by Crippen LogP contribution is -2.31. The van der Waals surface area contributed by atoms with Crippen LogP contribution >= 0.6 is 0 Å². The predicted octanol–water partition coefficient (Wildman–Crippen LogP) is 3.83. The summed E-state index contributed by atoms with van der Waals surface area (Å²) in [5.41, 5.74) is 4.68. The third-order valence-corrected chi connectivity index (χ3v) is 6.03. The molecule has 3 rings (SSSR count). The zero-order chi connectivity index (χ0) is 24.0. The van der Waals surface area contributed by atoms with E-state index < -0.39 is 6.09 Å². The Balaban J connectivity index is 1.76. The zero-order valence-corrected chi connectivity index (χ0v) is 19.4. The van der Waals surface area contributed by atoms with Crippen LogP contribution in [0.2, 0.25) is 0 Å². The molecule has 8 heteroatoms. The van der Waals surface area contributed by atoms with Crippen molar-refractivity contribution in [3.05, 3.63) is 52.4 Å². The summed E-state index contributed by atoms with van der Waals surface area (Å²) in [6, 6.07) is 11.9. The molecule has 1 aromatic heterocycles. The van der Waals surface area contributed by atoms with Gasteiger partial charge in [-0.2, -0.15) is 0 Å². The number of ether oxygens (including phenoxy) is 1. The van der Waals surface area contributed by atoms with E-state index in [2.05, 4.69) is 6.07 Å². The topological polar surface area (TPSA) is 93.8 Å². The molecule has 0 fully saturated rings. The number of carbonyl (C=O) groups excluding carboxylic acids is 1. The molecule has 0 spiro atoms. The molecule has 0 radical (unpaired) electrons. The molecule has 1 heterocycles. The minimum Gasteiger partial charge on any atom is -0.496 e. The number of aromatic nitrogens is 2. The molecule has 0 aliphatic heterocycles. The van der Waals surface area contributed by atoms with Gasteiger partial charge in [-0.15, -0.1) is 0 Å². The minimum absolute atomic E-state index is 0.0632. The van der Waals surface area contributed by atoms with Gasteiger partial charge in [0.05, 0.1) is 18.1 Å². The number of hydrogen-bond donors (Lipinski definition) is 1. The van der Waals surface area contributed by atoms with Gasteiger partial charge in [-0.25, -0.2) is 9.59 Å². The second-order valence-electron chi connectivity index (χ2n) is 8.17. The Labute approximate surface area is 193 Å². The van der Waals surface area contributed by atoms with E-state index in [0.29, 0.717) is 45.2 Å². The molecule has 0 atom stereocenters. The summed E-state index contributed by atoms with van der Waals surface area (Å²) in [6.45, 7) is 0.845. The van der Waals surface area contributed by atoms with Crippen LogP contribution in [0.25, 0.3) is 22.2 Å². The van der Waals surface area contributed by atoms with Crippen molar-refractivity contribution < 1.29 is 19.4 Å². The highest BCUT2D eigenvalue weighted by atomic mass is 16.5. The van der Waals surface area contributed by atoms with E-state index in [-0.39, 0.29) is 5.69 Å². The van der Waals surface area contributed by atoms with E-state index in [0.717, 1.165) is 39.8 Å². The molecule has 2 aromatic carbocycles. The number of hydrogen-bond acceptors (Lipinski definition) is 4. The van der Waals surface area contributed by atoms with Crippen molar-refractivity contribution in [2.24, 2.45) is 14.1 Å². The Kier molecular flexibility index (Phi) is 7.92. The van der Waals surface area contributed by atoms with Crippen LogP contribution in [0.5, 0.6) is 5.75 Å². The lowest BCUT2D eigenvalue weighted by molar-refractivity contribution is -0.107. The number of carbonyl (C=O) groups is 2. The normalized spacial score (nSPS) is 11.0. The summed E-state index contributed by atoms with van der Waals surface area (Å²) >= 11 is 0. The number of nitrogens with zero attached hydrogens (tertiary/aromatic N) is 3. The average molecular weight is 454 g/mol. The smallest absolute Gasteiger partial charge is 0.407 e. The van der Waals surface area contributed by atoms with Crippen LogP contribution in [-0.2, 0) is 25.3 Å². The molecule has 0 aliphatic rings. The van der Waals surface area contributed by atoms with Gasteiger partial charge in [0.1, 0.15) is 12.0 Å². The number of unbranched alkanes of at least 4 members (excludes halogenated alkanes) is 2. The first-order chi connectivity index (χ1) is 15.9. The van der Waals surface area contributed by atoms with Gasteiger partial charge in [0.15, 0.2) is 0 Å². The van der Waals surface area contributed by atoms with Crippen molar-refractivity contribution >= 4 is 23.4 Å². The number of imidazole rings is 1. The highest BCUT2D eigenvalue weighted by Gasteiger charge is 2.13. The van der Waals surface area contributed by atoms with E-state index in [9.17, 15) is 19.5 Å². The summed E-state index contributed by atoms with van der Waals surface area (Å²) in [5, 5.41) is 9.46. The SMILES string of the molecule is COc1ccc(-c2ccc3c(c2)n(C)c(=O)n3C)cc1CCCN(CCCCC=O)C(=O)O. The molecule has 0 bridgehead atoms. The maximum Gasteiger partial charge on any atom is 0.407 e. The molecule has 0 saturated heterocycles. The van der Waals surface area contributed by atoms with Gasteiger partial charge in [0.25, 0.3) is 0 Å². The van der Waals surface area contributed by atoms with Crippen molar-refractivity contribution in [2.45, 2.75) is 32.1 Å². The molecule has 0 unspecified atom stereocenters. The van der Waals surface area contributed by atoms with Crippen LogP contribution in [0.3, 0.4) is 0 Å². The van der Waals surface area contributed by atoms with Crippen LogP contribution in [-0.4, -0.2) is 51.7 Å². The maximum absolute atomic E-state index is 12.2. The van der Waals surface area contributed by atoms with E-state index in [4.69, 9.17) is 4.74 Å². The van der Waals surface area contributed by atoms with Gasteiger partial charge in [0, 0.05) is 33.6 Å². The Morgan fingerprint density at radius 2 is 1.67 bits per heavy atom. The monoisotopic (exact) mass is 453 g/mol. The van der Waals surface area contributed by atoms with Crippen LogP contribution in [0.15, 0.2) is 41.2 Å². The van der Waals surface area contributed by atoms with Gasteiger partial charge in [-0.05, 0) is 66.6 Å². The van der Waals surface area contributed by atoms with Gasteiger partial charge >= 0.3 is 11.8 Å². The van der Waals surface area contributed by atoms with Crippen molar-refractivity contribution in [1.82, 2.24) is 14.0 Å². The van der Waals surface area contributed by atoms with Crippen LogP contribution in [0.4, 0.5) is 4.79 Å². The third kappa shape index (κ3) is 5.45. The third-order valence-electron chi connectivity index (χ3n) is 6.03. The highest BCUT2D eigenvalue weighted by Crippen LogP contribution is 2.29. The number of fused-ring (bicyclic) bond motifs is 1. The molecule has 176 valence electrons. The van der Waals surface area contributed by atoms with Crippen LogP contribution in [0.1, 0.15) is 31.2 Å². The lowest BCUT2D eigenvalue weighted by atomic mass is 9.99. The molecule has 1 N–H and O–H groups in total. The van der Waals surface area contributed by atoms with Crippen molar-refractivity contribution in [2.75, 3.05) is 20.2 Å². The lowest BCUT2D eigenvalue weighted by Gasteiger charge is -2.19. The largest absolute Gasteiger partial charge is 0.496 e. The van der Waals surface area contributed by atoms with E-state index >= 15 is 0 Å². The molecule has 0 aliphatic carbocycles. The first kappa shape index (κ1) is 24.1. The van der Waals surface area contributed by atoms with Crippen LogP contribution in [0, 0.1) is 0 Å². The number of benzene rings is 2. The Morgan fingerprint density at radius 1 is 1.00 bits per heavy atom. The predicted molar refractivity (Wildman–Crippen MR) is 128 cm³/mol. The van der Waals surface area contributed by atoms with Crippen molar-refractivity contribution in [3.63, 3.8) is 0 Å². The summed E-state index contributed by atoms with van der Waals surface area (Å²) in [6.07, 6.45) is 3.07. The summed E-state index contributed by atoms with van der Waals surface area (Å²) < 4.78 is 8.80. The molecule has 1 amide bonds. The first-order valence-electron chi connectivity index (χ1n) is 11.1. The molecular weight excluding hydrogens is 422 g/mol. The molecular formula is C25H31N3O5. The molecule has 0 saturated carbocycles. The van der Waals surface area contributed by atoms with E-state index in [1.54, 1.807) is 30.3 Å². The first-order valence-corrected chi connectivity index (χ1v) is 11.1. The van der Waals surface area contributed by atoms with E-state index in [1.165, 1.54) is 4.90 Å². The number of aldehydes is 1. The molecule has 33 heavy (non-hydrogen) atoms. The van der Waals surface area contributed by atoms with Gasteiger partial charge in [-0.1, -0.05) is 12.1 Å².